The fourth-order valence-corrected chi connectivity index (χ4v) is 2.68. The number of anilines is 2. The van der Waals surface area contributed by atoms with Gasteiger partial charge in [-0.2, -0.15) is 0 Å². The van der Waals surface area contributed by atoms with Crippen LogP contribution in [0.5, 0.6) is 0 Å². The molecule has 0 aliphatic heterocycles. The van der Waals surface area contributed by atoms with E-state index in [0.717, 1.165) is 5.69 Å². The summed E-state index contributed by atoms with van der Waals surface area (Å²) in [6.07, 6.45) is 10.7. The van der Waals surface area contributed by atoms with E-state index in [1.807, 2.05) is 12.1 Å². The van der Waals surface area contributed by atoms with Gasteiger partial charge in [0.2, 0.25) is 5.91 Å². The lowest BCUT2D eigenvalue weighted by Gasteiger charge is -2.17. The van der Waals surface area contributed by atoms with Gasteiger partial charge in [0.1, 0.15) is 5.82 Å². The van der Waals surface area contributed by atoms with Gasteiger partial charge in [-0.1, -0.05) is 25.7 Å². The van der Waals surface area contributed by atoms with E-state index in [9.17, 15) is 4.79 Å². The number of hydrogen-bond donors (Lipinski definition) is 3. The second kappa shape index (κ2) is 8.62. The Hall–Kier alpha value is -1.62. The molecule has 1 fully saturated rings. The molecule has 0 spiro atoms. The molecule has 5 heteroatoms. The Morgan fingerprint density at radius 3 is 2.62 bits per heavy atom. The van der Waals surface area contributed by atoms with Crippen molar-refractivity contribution in [2.24, 2.45) is 5.73 Å². The van der Waals surface area contributed by atoms with Crippen molar-refractivity contribution in [2.45, 2.75) is 57.4 Å². The van der Waals surface area contributed by atoms with E-state index in [0.29, 0.717) is 31.2 Å². The third-order valence-corrected chi connectivity index (χ3v) is 3.86. The van der Waals surface area contributed by atoms with Crippen LogP contribution in [-0.4, -0.2) is 23.5 Å². The number of nitrogens with two attached hydrogens (primary N) is 1. The summed E-state index contributed by atoms with van der Waals surface area (Å²) in [6, 6.07) is 4.38. The summed E-state index contributed by atoms with van der Waals surface area (Å²) in [5, 5.41) is 6.33. The third kappa shape index (κ3) is 5.71. The quantitative estimate of drug-likeness (QED) is 0.704. The van der Waals surface area contributed by atoms with E-state index >= 15 is 0 Å². The van der Waals surface area contributed by atoms with Gasteiger partial charge in [-0.15, -0.1) is 0 Å². The zero-order valence-corrected chi connectivity index (χ0v) is 12.6. The minimum absolute atomic E-state index is 0.0302. The van der Waals surface area contributed by atoms with Crippen LogP contribution in [0.4, 0.5) is 11.5 Å². The first-order valence-corrected chi connectivity index (χ1v) is 8.00. The summed E-state index contributed by atoms with van der Waals surface area (Å²) in [4.78, 5) is 15.9. The number of hydrogen-bond acceptors (Lipinski definition) is 4. The van der Waals surface area contributed by atoms with Crippen LogP contribution in [0.2, 0.25) is 0 Å². The number of nitrogens with zero attached hydrogens (tertiary/aromatic N) is 1. The van der Waals surface area contributed by atoms with Crippen molar-refractivity contribution in [1.29, 1.82) is 0 Å². The summed E-state index contributed by atoms with van der Waals surface area (Å²) in [6.45, 7) is 0.533. The van der Waals surface area contributed by atoms with Crippen molar-refractivity contribution in [3.63, 3.8) is 0 Å². The molecule has 1 amide bonds. The topological polar surface area (TPSA) is 80.0 Å². The van der Waals surface area contributed by atoms with Crippen molar-refractivity contribution in [3.05, 3.63) is 18.3 Å². The highest BCUT2D eigenvalue weighted by atomic mass is 16.1. The second-order valence-corrected chi connectivity index (χ2v) is 5.71. The highest BCUT2D eigenvalue weighted by Crippen LogP contribution is 2.21. The van der Waals surface area contributed by atoms with Crippen LogP contribution in [-0.2, 0) is 4.79 Å². The zero-order chi connectivity index (χ0) is 14.9. The Morgan fingerprint density at radius 2 is 2.00 bits per heavy atom. The van der Waals surface area contributed by atoms with E-state index in [1.165, 1.54) is 38.5 Å². The van der Waals surface area contributed by atoms with Gasteiger partial charge in [0, 0.05) is 12.5 Å². The van der Waals surface area contributed by atoms with Crippen LogP contribution in [0.15, 0.2) is 18.3 Å². The molecule has 1 aromatic rings. The first-order valence-electron chi connectivity index (χ1n) is 8.00. The smallest absolute Gasteiger partial charge is 0.225 e. The Balaban J connectivity index is 1.82. The van der Waals surface area contributed by atoms with E-state index in [1.54, 1.807) is 6.20 Å². The molecule has 1 heterocycles. The molecule has 21 heavy (non-hydrogen) atoms. The summed E-state index contributed by atoms with van der Waals surface area (Å²) < 4.78 is 0. The van der Waals surface area contributed by atoms with Gasteiger partial charge < -0.3 is 16.4 Å². The fraction of sp³-hybridized carbons (Fsp3) is 0.625. The number of rotatable bonds is 6. The molecular weight excluding hydrogens is 264 g/mol. The Morgan fingerprint density at radius 1 is 1.24 bits per heavy atom. The molecule has 5 nitrogen and oxygen atoms in total. The van der Waals surface area contributed by atoms with Crippen molar-refractivity contribution < 1.29 is 4.79 Å². The molecule has 1 aliphatic rings. The summed E-state index contributed by atoms with van der Waals surface area (Å²) >= 11 is 0. The first-order chi connectivity index (χ1) is 10.3. The number of nitrogens with one attached hydrogen (secondary N) is 2. The maximum atomic E-state index is 11.6. The number of carbonyl (C=O) groups is 1. The minimum atomic E-state index is -0.0302. The molecule has 4 N–H and O–H groups in total. The number of amides is 1. The van der Waals surface area contributed by atoms with E-state index in [4.69, 9.17) is 5.73 Å². The number of carbonyl (C=O) groups excluding carboxylic acids is 1. The molecule has 116 valence electrons. The largest absolute Gasteiger partial charge is 0.381 e. The maximum absolute atomic E-state index is 11.6. The molecule has 0 saturated heterocycles. The predicted molar refractivity (Wildman–Crippen MR) is 86.3 cm³/mol. The average Bonchev–Trinajstić information content (AvgIpc) is 2.76. The highest BCUT2D eigenvalue weighted by molar-refractivity contribution is 5.89. The molecule has 0 bridgehead atoms. The van der Waals surface area contributed by atoms with E-state index < -0.39 is 0 Å². The summed E-state index contributed by atoms with van der Waals surface area (Å²) in [5.74, 6) is 0.570. The molecular formula is C16H26N4O. The van der Waals surface area contributed by atoms with Crippen LogP contribution in [0.3, 0.4) is 0 Å². The zero-order valence-electron chi connectivity index (χ0n) is 12.6. The summed E-state index contributed by atoms with van der Waals surface area (Å²) in [7, 11) is 0. The summed E-state index contributed by atoms with van der Waals surface area (Å²) in [5.41, 5.74) is 6.42. The number of aromatic nitrogens is 1. The standard InChI is InChI=1S/C16H26N4O/c17-11-5-8-16(21)20-15-10-9-14(12-18-15)19-13-6-3-1-2-4-7-13/h9-10,12-13,19H,1-8,11,17H2,(H,18,20,21). The lowest BCUT2D eigenvalue weighted by atomic mass is 10.1. The predicted octanol–water partition coefficient (Wildman–Crippen LogP) is 2.89. The molecule has 1 aromatic heterocycles. The fourth-order valence-electron chi connectivity index (χ4n) is 2.68. The monoisotopic (exact) mass is 290 g/mol. The molecule has 0 atom stereocenters. The maximum Gasteiger partial charge on any atom is 0.225 e. The van der Waals surface area contributed by atoms with Gasteiger partial charge in [0.05, 0.1) is 11.9 Å². The van der Waals surface area contributed by atoms with Gasteiger partial charge in [-0.25, -0.2) is 4.98 Å². The molecule has 1 aliphatic carbocycles. The average molecular weight is 290 g/mol. The van der Waals surface area contributed by atoms with E-state index in [2.05, 4.69) is 15.6 Å². The van der Waals surface area contributed by atoms with Gasteiger partial charge >= 0.3 is 0 Å². The molecule has 0 aromatic carbocycles. The van der Waals surface area contributed by atoms with Crippen molar-refractivity contribution in [2.75, 3.05) is 17.2 Å². The normalized spacial score (nSPS) is 16.2. The molecule has 1 saturated carbocycles. The SMILES string of the molecule is NCCCC(=O)Nc1ccc(NC2CCCCCC2)cn1. The van der Waals surface area contributed by atoms with Crippen molar-refractivity contribution in [3.8, 4) is 0 Å². The lowest BCUT2D eigenvalue weighted by Crippen LogP contribution is -2.18. The van der Waals surface area contributed by atoms with Crippen LogP contribution < -0.4 is 16.4 Å². The Labute approximate surface area is 126 Å². The highest BCUT2D eigenvalue weighted by Gasteiger charge is 2.12. The van der Waals surface area contributed by atoms with Crippen LogP contribution in [0, 0.1) is 0 Å². The van der Waals surface area contributed by atoms with Crippen LogP contribution in [0.1, 0.15) is 51.4 Å². The number of pyridine rings is 1. The second-order valence-electron chi connectivity index (χ2n) is 5.71. The van der Waals surface area contributed by atoms with E-state index in [-0.39, 0.29) is 5.91 Å². The molecule has 0 unspecified atom stereocenters. The van der Waals surface area contributed by atoms with Gasteiger partial charge in [-0.3, -0.25) is 4.79 Å². The minimum Gasteiger partial charge on any atom is -0.381 e. The van der Waals surface area contributed by atoms with Crippen LogP contribution >= 0.6 is 0 Å². The molecule has 2 rings (SSSR count). The van der Waals surface area contributed by atoms with Gasteiger partial charge in [0.15, 0.2) is 0 Å². The third-order valence-electron chi connectivity index (χ3n) is 3.86. The first kappa shape index (κ1) is 15.8. The Kier molecular flexibility index (Phi) is 6.47. The molecule has 0 radical (unpaired) electrons. The van der Waals surface area contributed by atoms with Crippen molar-refractivity contribution in [1.82, 2.24) is 4.98 Å². The Bertz CT molecular complexity index is 424. The van der Waals surface area contributed by atoms with Gasteiger partial charge in [-0.05, 0) is 37.9 Å². The lowest BCUT2D eigenvalue weighted by molar-refractivity contribution is -0.116. The van der Waals surface area contributed by atoms with Gasteiger partial charge in [0.25, 0.3) is 0 Å². The van der Waals surface area contributed by atoms with Crippen LogP contribution in [0.25, 0.3) is 0 Å². The van der Waals surface area contributed by atoms with Crippen molar-refractivity contribution >= 4 is 17.4 Å².